The van der Waals surface area contributed by atoms with E-state index in [1.165, 1.54) is 22.3 Å². The van der Waals surface area contributed by atoms with E-state index >= 15 is 0 Å². The van der Waals surface area contributed by atoms with E-state index in [4.69, 9.17) is 10.5 Å². The smallest absolute Gasteiger partial charge is 0.137 e. The van der Waals surface area contributed by atoms with Gasteiger partial charge in [-0.25, -0.2) is 9.67 Å². The van der Waals surface area contributed by atoms with Gasteiger partial charge in [0, 0.05) is 26.2 Å². The van der Waals surface area contributed by atoms with Gasteiger partial charge in [-0.15, -0.1) is 0 Å². The molecular formula is C17H25N5O. The fourth-order valence-electron chi connectivity index (χ4n) is 3.09. The van der Waals surface area contributed by atoms with Crippen molar-refractivity contribution >= 4 is 0 Å². The zero-order valence-electron chi connectivity index (χ0n) is 13.9. The Kier molecular flexibility index (Phi) is 5.05. The van der Waals surface area contributed by atoms with Crippen molar-refractivity contribution in [2.24, 2.45) is 5.73 Å². The molecule has 1 aromatic carbocycles. The Labute approximate surface area is 137 Å². The van der Waals surface area contributed by atoms with E-state index in [1.807, 2.05) is 4.68 Å². The zero-order valence-corrected chi connectivity index (χ0v) is 13.9. The molecule has 2 heterocycles. The molecule has 1 atom stereocenters. The van der Waals surface area contributed by atoms with Crippen molar-refractivity contribution in [2.45, 2.75) is 33.0 Å². The second-order valence-corrected chi connectivity index (χ2v) is 6.26. The van der Waals surface area contributed by atoms with Crippen LogP contribution in [0.15, 0.2) is 24.8 Å². The number of nitrogens with zero attached hydrogens (tertiary/aromatic N) is 4. The lowest BCUT2D eigenvalue weighted by atomic mass is 9.99. The second-order valence-electron chi connectivity index (χ2n) is 6.26. The first-order valence-corrected chi connectivity index (χ1v) is 8.11. The monoisotopic (exact) mass is 315 g/mol. The average molecular weight is 315 g/mol. The Morgan fingerprint density at radius 2 is 2.00 bits per heavy atom. The standard InChI is InChI=1S/C17H25N5O/c1-13-5-14(2)16(9-22-12-19-11-20-22)6-15(13)8-21-3-4-23-17(7-18)10-21/h5-6,11-12,17H,3-4,7-10,18H2,1-2H3. The van der Waals surface area contributed by atoms with Gasteiger partial charge in [-0.3, -0.25) is 4.90 Å². The molecule has 1 aliphatic rings. The van der Waals surface area contributed by atoms with E-state index in [0.29, 0.717) is 6.54 Å². The molecule has 0 spiro atoms. The molecule has 0 radical (unpaired) electrons. The number of aryl methyl sites for hydroxylation is 2. The topological polar surface area (TPSA) is 69.2 Å². The summed E-state index contributed by atoms with van der Waals surface area (Å²) in [6, 6.07) is 4.57. The molecule has 1 aliphatic heterocycles. The fourth-order valence-corrected chi connectivity index (χ4v) is 3.09. The van der Waals surface area contributed by atoms with Gasteiger partial charge in [0.15, 0.2) is 0 Å². The minimum Gasteiger partial charge on any atom is -0.374 e. The normalized spacial score (nSPS) is 19.2. The summed E-state index contributed by atoms with van der Waals surface area (Å²) in [4.78, 5) is 6.45. The summed E-state index contributed by atoms with van der Waals surface area (Å²) < 4.78 is 7.51. The lowest BCUT2D eigenvalue weighted by molar-refractivity contribution is -0.0261. The van der Waals surface area contributed by atoms with Crippen LogP contribution in [-0.2, 0) is 17.8 Å². The Morgan fingerprint density at radius 1 is 1.22 bits per heavy atom. The van der Waals surface area contributed by atoms with Gasteiger partial charge in [-0.2, -0.15) is 5.10 Å². The number of benzene rings is 1. The number of nitrogens with two attached hydrogens (primary N) is 1. The highest BCUT2D eigenvalue weighted by Crippen LogP contribution is 2.20. The molecule has 1 aromatic heterocycles. The van der Waals surface area contributed by atoms with Crippen LogP contribution in [0.2, 0.25) is 0 Å². The molecule has 0 saturated carbocycles. The minimum atomic E-state index is 0.157. The fraction of sp³-hybridized carbons (Fsp3) is 0.529. The maximum absolute atomic E-state index is 5.74. The maximum atomic E-state index is 5.74. The summed E-state index contributed by atoms with van der Waals surface area (Å²) in [6.07, 6.45) is 3.49. The van der Waals surface area contributed by atoms with Crippen molar-refractivity contribution in [3.8, 4) is 0 Å². The third-order valence-electron chi connectivity index (χ3n) is 4.47. The van der Waals surface area contributed by atoms with Crippen molar-refractivity contribution in [2.75, 3.05) is 26.2 Å². The lowest BCUT2D eigenvalue weighted by Gasteiger charge is -2.32. The van der Waals surface area contributed by atoms with E-state index < -0.39 is 0 Å². The minimum absolute atomic E-state index is 0.157. The van der Waals surface area contributed by atoms with E-state index in [9.17, 15) is 0 Å². The van der Waals surface area contributed by atoms with E-state index in [-0.39, 0.29) is 6.10 Å². The Balaban J connectivity index is 1.76. The van der Waals surface area contributed by atoms with Crippen LogP contribution in [0.3, 0.4) is 0 Å². The average Bonchev–Trinajstić information content (AvgIpc) is 3.05. The Morgan fingerprint density at radius 3 is 2.70 bits per heavy atom. The van der Waals surface area contributed by atoms with Crippen LogP contribution in [0, 0.1) is 13.8 Å². The summed E-state index contributed by atoms with van der Waals surface area (Å²) in [7, 11) is 0. The lowest BCUT2D eigenvalue weighted by Crippen LogP contribution is -2.45. The molecule has 23 heavy (non-hydrogen) atoms. The third kappa shape index (κ3) is 3.96. The number of hydrogen-bond donors (Lipinski definition) is 1. The first-order chi connectivity index (χ1) is 11.2. The van der Waals surface area contributed by atoms with Crippen LogP contribution in [-0.4, -0.2) is 52.0 Å². The summed E-state index contributed by atoms with van der Waals surface area (Å²) in [5, 5.41) is 4.21. The predicted molar refractivity (Wildman–Crippen MR) is 89.1 cm³/mol. The SMILES string of the molecule is Cc1cc(C)c(Cn2cncn2)cc1CN1CCOC(CN)C1. The molecule has 0 amide bonds. The zero-order chi connectivity index (χ0) is 16.2. The van der Waals surface area contributed by atoms with Gasteiger partial charge in [0.1, 0.15) is 12.7 Å². The highest BCUT2D eigenvalue weighted by molar-refractivity contribution is 5.37. The van der Waals surface area contributed by atoms with Gasteiger partial charge in [0.05, 0.1) is 19.3 Å². The number of hydrogen-bond acceptors (Lipinski definition) is 5. The molecule has 6 heteroatoms. The molecule has 3 rings (SSSR count). The first-order valence-electron chi connectivity index (χ1n) is 8.11. The Bertz CT molecular complexity index is 641. The summed E-state index contributed by atoms with van der Waals surface area (Å²) >= 11 is 0. The maximum Gasteiger partial charge on any atom is 0.137 e. The quantitative estimate of drug-likeness (QED) is 0.895. The highest BCUT2D eigenvalue weighted by Gasteiger charge is 2.20. The van der Waals surface area contributed by atoms with Gasteiger partial charge in [0.25, 0.3) is 0 Å². The van der Waals surface area contributed by atoms with E-state index in [2.05, 4.69) is 41.0 Å². The number of rotatable bonds is 5. The molecule has 1 saturated heterocycles. The predicted octanol–water partition coefficient (Wildman–Crippen LogP) is 1.10. The molecule has 2 N–H and O–H groups in total. The van der Waals surface area contributed by atoms with Crippen LogP contribution in [0.25, 0.3) is 0 Å². The van der Waals surface area contributed by atoms with Crippen molar-refractivity contribution in [3.05, 3.63) is 47.0 Å². The number of morpholine rings is 1. The molecule has 0 bridgehead atoms. The molecule has 1 fully saturated rings. The van der Waals surface area contributed by atoms with Crippen LogP contribution in [0.4, 0.5) is 0 Å². The van der Waals surface area contributed by atoms with E-state index in [0.717, 1.165) is 32.8 Å². The molecule has 0 aliphatic carbocycles. The van der Waals surface area contributed by atoms with Crippen LogP contribution >= 0.6 is 0 Å². The summed E-state index contributed by atoms with van der Waals surface area (Å²) in [6.45, 7) is 9.25. The van der Waals surface area contributed by atoms with Crippen molar-refractivity contribution in [3.63, 3.8) is 0 Å². The van der Waals surface area contributed by atoms with Gasteiger partial charge in [-0.05, 0) is 36.1 Å². The highest BCUT2D eigenvalue weighted by atomic mass is 16.5. The summed E-state index contributed by atoms with van der Waals surface area (Å²) in [5.41, 5.74) is 11.0. The van der Waals surface area contributed by atoms with Crippen molar-refractivity contribution in [1.29, 1.82) is 0 Å². The third-order valence-corrected chi connectivity index (χ3v) is 4.47. The Hall–Kier alpha value is -1.76. The second kappa shape index (κ2) is 7.21. The molecule has 6 nitrogen and oxygen atoms in total. The molecule has 2 aromatic rings. The van der Waals surface area contributed by atoms with Gasteiger partial charge in [0.2, 0.25) is 0 Å². The summed E-state index contributed by atoms with van der Waals surface area (Å²) in [5.74, 6) is 0. The number of ether oxygens (including phenoxy) is 1. The van der Waals surface area contributed by atoms with Gasteiger partial charge >= 0.3 is 0 Å². The van der Waals surface area contributed by atoms with Crippen LogP contribution < -0.4 is 5.73 Å². The van der Waals surface area contributed by atoms with Crippen LogP contribution in [0.1, 0.15) is 22.3 Å². The number of aromatic nitrogens is 3. The molecular weight excluding hydrogens is 290 g/mol. The molecule has 124 valence electrons. The van der Waals surface area contributed by atoms with Gasteiger partial charge in [-0.1, -0.05) is 12.1 Å². The van der Waals surface area contributed by atoms with Crippen LogP contribution in [0.5, 0.6) is 0 Å². The van der Waals surface area contributed by atoms with Gasteiger partial charge < -0.3 is 10.5 Å². The van der Waals surface area contributed by atoms with E-state index in [1.54, 1.807) is 12.7 Å². The van der Waals surface area contributed by atoms with Crippen molar-refractivity contribution in [1.82, 2.24) is 19.7 Å². The largest absolute Gasteiger partial charge is 0.374 e. The first kappa shape index (κ1) is 16.1. The van der Waals surface area contributed by atoms with Crippen molar-refractivity contribution < 1.29 is 4.74 Å². The molecule has 1 unspecified atom stereocenters.